The molecule has 2 aliphatic rings. The van der Waals surface area contributed by atoms with E-state index in [0.717, 1.165) is 25.4 Å². The van der Waals surface area contributed by atoms with Crippen LogP contribution >= 0.6 is 0 Å². The first-order valence-electron chi connectivity index (χ1n) is 5.25. The van der Waals surface area contributed by atoms with Crippen molar-refractivity contribution in [2.75, 3.05) is 19.6 Å². The van der Waals surface area contributed by atoms with Gasteiger partial charge in [-0.3, -0.25) is 0 Å². The van der Waals surface area contributed by atoms with Gasteiger partial charge in [0.2, 0.25) is 0 Å². The van der Waals surface area contributed by atoms with Crippen molar-refractivity contribution in [3.63, 3.8) is 0 Å². The van der Waals surface area contributed by atoms with Gasteiger partial charge in [-0.05, 0) is 25.2 Å². The maximum atomic E-state index is 9.33. The average Bonchev–Trinajstić information content (AvgIpc) is 2.63. The number of hydrogen-bond donors (Lipinski definition) is 1. The molecule has 1 atom stereocenters. The Bertz CT molecular complexity index is 143. The van der Waals surface area contributed by atoms with E-state index in [1.807, 2.05) is 0 Å². The fraction of sp³-hybridized carbons (Fsp3) is 1.00. The number of likely N-dealkylation sites (tertiary alicyclic amines) is 1. The predicted octanol–water partition coefficient (Wildman–Crippen LogP) is 1.24. The van der Waals surface area contributed by atoms with Crippen LogP contribution in [0.3, 0.4) is 0 Å². The number of rotatable bonds is 2. The minimum Gasteiger partial charge on any atom is -0.392 e. The van der Waals surface area contributed by atoms with Crippen molar-refractivity contribution in [3.05, 3.63) is 0 Å². The maximum Gasteiger partial charge on any atom is 0.0679 e. The molecule has 12 heavy (non-hydrogen) atoms. The Morgan fingerprint density at radius 2 is 1.92 bits per heavy atom. The summed E-state index contributed by atoms with van der Waals surface area (Å²) >= 11 is 0. The Labute approximate surface area is 74.6 Å². The van der Waals surface area contributed by atoms with Crippen molar-refractivity contribution in [2.45, 2.75) is 38.2 Å². The molecule has 1 heterocycles. The van der Waals surface area contributed by atoms with E-state index in [0.29, 0.717) is 0 Å². The Hall–Kier alpha value is -0.0800. The minimum atomic E-state index is -0.0357. The molecule has 0 unspecified atom stereocenters. The van der Waals surface area contributed by atoms with Gasteiger partial charge in [-0.15, -0.1) is 0 Å². The molecule has 0 bridgehead atoms. The van der Waals surface area contributed by atoms with E-state index in [4.69, 9.17) is 0 Å². The van der Waals surface area contributed by atoms with Crippen molar-refractivity contribution in [1.82, 2.24) is 4.90 Å². The molecule has 1 N–H and O–H groups in total. The molecular formula is C10H19NO. The molecule has 2 rings (SSSR count). The van der Waals surface area contributed by atoms with Crippen LogP contribution in [0.15, 0.2) is 0 Å². The average molecular weight is 169 g/mol. The van der Waals surface area contributed by atoms with Gasteiger partial charge >= 0.3 is 0 Å². The Morgan fingerprint density at radius 1 is 1.17 bits per heavy atom. The SMILES string of the molecule is O[C@H]1CCN(CC2CCCC2)C1. The summed E-state index contributed by atoms with van der Waals surface area (Å²) < 4.78 is 0. The molecular weight excluding hydrogens is 150 g/mol. The fourth-order valence-corrected chi connectivity index (χ4v) is 2.54. The van der Waals surface area contributed by atoms with Crippen molar-refractivity contribution in [1.29, 1.82) is 0 Å². The van der Waals surface area contributed by atoms with Gasteiger partial charge in [0.1, 0.15) is 0 Å². The second-order valence-corrected chi connectivity index (χ2v) is 4.35. The molecule has 1 aliphatic carbocycles. The van der Waals surface area contributed by atoms with E-state index >= 15 is 0 Å². The van der Waals surface area contributed by atoms with E-state index in [1.54, 1.807) is 0 Å². The first kappa shape index (κ1) is 8.52. The predicted molar refractivity (Wildman–Crippen MR) is 49.0 cm³/mol. The first-order chi connectivity index (χ1) is 5.84. The lowest BCUT2D eigenvalue weighted by atomic mass is 10.1. The standard InChI is InChI=1S/C10H19NO/c12-10-5-6-11(8-10)7-9-3-1-2-4-9/h9-10,12H,1-8H2/t10-/m0/s1. The lowest BCUT2D eigenvalue weighted by molar-refractivity contribution is 0.170. The smallest absolute Gasteiger partial charge is 0.0679 e. The third-order valence-electron chi connectivity index (χ3n) is 3.24. The molecule has 0 spiro atoms. The van der Waals surface area contributed by atoms with Crippen molar-refractivity contribution in [3.8, 4) is 0 Å². The molecule has 1 aliphatic heterocycles. The van der Waals surface area contributed by atoms with E-state index in [9.17, 15) is 5.11 Å². The molecule has 2 fully saturated rings. The fourth-order valence-electron chi connectivity index (χ4n) is 2.54. The molecule has 0 aromatic rings. The van der Waals surface area contributed by atoms with Crippen LogP contribution in [0.2, 0.25) is 0 Å². The number of β-amino-alcohol motifs (C(OH)–C–C–N with tert-alkyl or cyclic N) is 1. The largest absolute Gasteiger partial charge is 0.392 e. The number of aliphatic hydroxyl groups is 1. The Kier molecular flexibility index (Phi) is 2.66. The van der Waals surface area contributed by atoms with Gasteiger partial charge in [0.25, 0.3) is 0 Å². The summed E-state index contributed by atoms with van der Waals surface area (Å²) in [6.07, 6.45) is 6.67. The lowest BCUT2D eigenvalue weighted by Gasteiger charge is -2.19. The van der Waals surface area contributed by atoms with Crippen LogP contribution in [0.25, 0.3) is 0 Å². The van der Waals surface area contributed by atoms with Gasteiger partial charge in [0.05, 0.1) is 6.10 Å². The van der Waals surface area contributed by atoms with E-state index < -0.39 is 0 Å². The zero-order valence-corrected chi connectivity index (χ0v) is 7.71. The topological polar surface area (TPSA) is 23.5 Å². The molecule has 70 valence electrons. The molecule has 1 saturated carbocycles. The van der Waals surface area contributed by atoms with Crippen LogP contribution in [0.1, 0.15) is 32.1 Å². The van der Waals surface area contributed by atoms with Crippen LogP contribution in [-0.2, 0) is 0 Å². The summed E-state index contributed by atoms with van der Waals surface area (Å²) in [6, 6.07) is 0. The molecule has 0 amide bonds. The highest BCUT2D eigenvalue weighted by Gasteiger charge is 2.24. The highest BCUT2D eigenvalue weighted by molar-refractivity contribution is 4.78. The van der Waals surface area contributed by atoms with Crippen molar-refractivity contribution < 1.29 is 5.11 Å². The van der Waals surface area contributed by atoms with Gasteiger partial charge in [0, 0.05) is 19.6 Å². The monoisotopic (exact) mass is 169 g/mol. The second kappa shape index (κ2) is 3.75. The quantitative estimate of drug-likeness (QED) is 0.672. The van der Waals surface area contributed by atoms with Gasteiger partial charge < -0.3 is 10.0 Å². The van der Waals surface area contributed by atoms with Gasteiger partial charge in [-0.1, -0.05) is 12.8 Å². The van der Waals surface area contributed by atoms with Crippen LogP contribution in [0.4, 0.5) is 0 Å². The van der Waals surface area contributed by atoms with Gasteiger partial charge in [-0.2, -0.15) is 0 Å². The normalized spacial score (nSPS) is 33.2. The summed E-state index contributed by atoms with van der Waals surface area (Å²) in [4.78, 5) is 2.43. The number of nitrogens with zero attached hydrogens (tertiary/aromatic N) is 1. The summed E-state index contributed by atoms with van der Waals surface area (Å²) in [5.74, 6) is 0.940. The number of aliphatic hydroxyl groups excluding tert-OH is 1. The summed E-state index contributed by atoms with van der Waals surface area (Å²) in [5.41, 5.74) is 0. The Morgan fingerprint density at radius 3 is 2.50 bits per heavy atom. The zero-order valence-electron chi connectivity index (χ0n) is 7.71. The van der Waals surface area contributed by atoms with E-state index in [1.165, 1.54) is 32.2 Å². The third kappa shape index (κ3) is 1.99. The van der Waals surface area contributed by atoms with Crippen molar-refractivity contribution >= 4 is 0 Å². The lowest BCUT2D eigenvalue weighted by Crippen LogP contribution is -2.27. The van der Waals surface area contributed by atoms with Crippen LogP contribution in [-0.4, -0.2) is 35.7 Å². The molecule has 2 nitrogen and oxygen atoms in total. The van der Waals surface area contributed by atoms with E-state index in [-0.39, 0.29) is 6.10 Å². The van der Waals surface area contributed by atoms with Gasteiger partial charge in [0.15, 0.2) is 0 Å². The Balaban J connectivity index is 1.72. The number of hydrogen-bond acceptors (Lipinski definition) is 2. The second-order valence-electron chi connectivity index (χ2n) is 4.35. The minimum absolute atomic E-state index is 0.0357. The summed E-state index contributed by atoms with van der Waals surface area (Å²) in [5, 5.41) is 9.33. The molecule has 0 radical (unpaired) electrons. The summed E-state index contributed by atoms with van der Waals surface area (Å²) in [6.45, 7) is 3.30. The van der Waals surface area contributed by atoms with Crippen LogP contribution in [0.5, 0.6) is 0 Å². The highest BCUT2D eigenvalue weighted by Crippen LogP contribution is 2.26. The molecule has 1 saturated heterocycles. The maximum absolute atomic E-state index is 9.33. The molecule has 0 aromatic heterocycles. The van der Waals surface area contributed by atoms with E-state index in [2.05, 4.69) is 4.90 Å². The highest BCUT2D eigenvalue weighted by atomic mass is 16.3. The first-order valence-corrected chi connectivity index (χ1v) is 5.25. The van der Waals surface area contributed by atoms with Crippen molar-refractivity contribution in [2.24, 2.45) is 5.92 Å². The summed E-state index contributed by atoms with van der Waals surface area (Å²) in [7, 11) is 0. The van der Waals surface area contributed by atoms with Crippen LogP contribution in [0, 0.1) is 5.92 Å². The van der Waals surface area contributed by atoms with Crippen LogP contribution < -0.4 is 0 Å². The third-order valence-corrected chi connectivity index (χ3v) is 3.24. The molecule has 2 heteroatoms. The molecule has 0 aromatic carbocycles. The van der Waals surface area contributed by atoms with Gasteiger partial charge in [-0.25, -0.2) is 0 Å². The zero-order chi connectivity index (χ0) is 8.39.